The van der Waals surface area contributed by atoms with Gasteiger partial charge in [-0.1, -0.05) is 49.7 Å². The summed E-state index contributed by atoms with van der Waals surface area (Å²) in [5, 5.41) is 0. The Kier molecular flexibility index (Phi) is 5.89. The number of hydrogen-bond acceptors (Lipinski definition) is 1. The number of nitrogens with zero attached hydrogens (tertiary/aromatic N) is 1. The van der Waals surface area contributed by atoms with Gasteiger partial charge in [0.15, 0.2) is 0 Å². The third-order valence-corrected chi connectivity index (χ3v) is 2.03. The van der Waals surface area contributed by atoms with Gasteiger partial charge in [-0.25, -0.2) is 0 Å². The number of hydrogen-bond donors (Lipinski definition) is 0. The minimum absolute atomic E-state index is 0.0267. The Labute approximate surface area is 99.6 Å². The summed E-state index contributed by atoms with van der Waals surface area (Å²) in [4.78, 5) is 3.78. The molecule has 0 aliphatic carbocycles. The van der Waals surface area contributed by atoms with E-state index < -0.39 is 0 Å². The van der Waals surface area contributed by atoms with Gasteiger partial charge in [-0.05, 0) is 30.5 Å². The van der Waals surface area contributed by atoms with Crippen molar-refractivity contribution in [2.24, 2.45) is 0 Å². The Hall–Kier alpha value is -1.63. The Bertz CT molecular complexity index is 348. The van der Waals surface area contributed by atoms with Gasteiger partial charge in [-0.3, -0.25) is 4.98 Å². The Morgan fingerprint density at radius 2 is 1.62 bits per heavy atom. The van der Waals surface area contributed by atoms with Crippen LogP contribution in [0.3, 0.4) is 0 Å². The van der Waals surface area contributed by atoms with Crippen molar-refractivity contribution in [2.45, 2.75) is 26.2 Å². The lowest BCUT2D eigenvalue weighted by Crippen LogP contribution is -1.81. The molecule has 0 amide bonds. The smallest absolute Gasteiger partial charge is 0.0316 e. The van der Waals surface area contributed by atoms with Gasteiger partial charge < -0.3 is 0 Å². The molecule has 1 aromatic heterocycles. The van der Waals surface area contributed by atoms with Crippen LogP contribution in [-0.2, 0) is 6.40 Å². The lowest BCUT2D eigenvalue weighted by molar-refractivity contribution is 0.795. The van der Waals surface area contributed by atoms with Crippen molar-refractivity contribution in [2.75, 3.05) is 0 Å². The summed E-state index contributed by atoms with van der Waals surface area (Å²) in [7, 11) is 0. The zero-order chi connectivity index (χ0) is 12.3. The topological polar surface area (TPSA) is 12.9 Å². The maximum Gasteiger partial charge on any atom is 0.0316 e. The molecule has 84 valence electrons. The SMILES string of the molecule is [2H]C(CCC)c1ccccc1.c1ccncc1. The fourth-order valence-electron chi connectivity index (χ4n) is 1.21. The Morgan fingerprint density at radius 1 is 1.00 bits per heavy atom. The highest BCUT2D eigenvalue weighted by atomic mass is 14.6. The summed E-state index contributed by atoms with van der Waals surface area (Å²) >= 11 is 0. The molecule has 0 fully saturated rings. The molecule has 2 aromatic rings. The number of aryl methyl sites for hydroxylation is 1. The van der Waals surface area contributed by atoms with Gasteiger partial charge in [0.1, 0.15) is 0 Å². The molecule has 1 heterocycles. The molecule has 1 atom stereocenters. The summed E-state index contributed by atoms with van der Waals surface area (Å²) in [6, 6.07) is 15.7. The van der Waals surface area contributed by atoms with Crippen LogP contribution in [0.15, 0.2) is 60.9 Å². The van der Waals surface area contributed by atoms with E-state index in [9.17, 15) is 0 Å². The predicted octanol–water partition coefficient (Wildman–Crippen LogP) is 4.11. The highest BCUT2D eigenvalue weighted by Crippen LogP contribution is 2.03. The van der Waals surface area contributed by atoms with Crippen molar-refractivity contribution >= 4 is 0 Å². The largest absolute Gasteiger partial charge is 0.265 e. The highest BCUT2D eigenvalue weighted by molar-refractivity contribution is 5.14. The molecule has 2 rings (SSSR count). The quantitative estimate of drug-likeness (QED) is 0.749. The normalized spacial score (nSPS) is 11.9. The van der Waals surface area contributed by atoms with E-state index in [-0.39, 0.29) is 6.40 Å². The first-order valence-electron chi connectivity index (χ1n) is 6.24. The monoisotopic (exact) mass is 214 g/mol. The second-order valence-electron chi connectivity index (χ2n) is 3.43. The van der Waals surface area contributed by atoms with Crippen LogP contribution in [0.5, 0.6) is 0 Å². The van der Waals surface area contributed by atoms with Crippen LogP contribution < -0.4 is 0 Å². The van der Waals surface area contributed by atoms with Crippen LogP contribution >= 0.6 is 0 Å². The molecular weight excluding hydrogens is 194 g/mol. The summed E-state index contributed by atoms with van der Waals surface area (Å²) in [5.74, 6) is 0. The predicted molar refractivity (Wildman–Crippen MR) is 69.3 cm³/mol. The van der Waals surface area contributed by atoms with Crippen molar-refractivity contribution in [3.63, 3.8) is 0 Å². The van der Waals surface area contributed by atoms with E-state index in [4.69, 9.17) is 1.37 Å². The Balaban J connectivity index is 0.000000202. The summed E-state index contributed by atoms with van der Waals surface area (Å²) in [6.07, 6.45) is 5.52. The molecule has 0 bridgehead atoms. The van der Waals surface area contributed by atoms with Gasteiger partial charge in [-0.2, -0.15) is 0 Å². The van der Waals surface area contributed by atoms with Crippen LogP contribution in [0.1, 0.15) is 26.7 Å². The average Bonchev–Trinajstić information content (AvgIpc) is 2.43. The number of benzene rings is 1. The fourth-order valence-corrected chi connectivity index (χ4v) is 1.21. The van der Waals surface area contributed by atoms with Gasteiger partial charge >= 0.3 is 0 Å². The van der Waals surface area contributed by atoms with E-state index in [1.165, 1.54) is 0 Å². The minimum Gasteiger partial charge on any atom is -0.265 e. The van der Waals surface area contributed by atoms with Gasteiger partial charge in [0.2, 0.25) is 0 Å². The molecule has 0 spiro atoms. The molecular formula is C15H19N. The van der Waals surface area contributed by atoms with Gasteiger partial charge in [-0.15, -0.1) is 0 Å². The van der Waals surface area contributed by atoms with E-state index in [0.29, 0.717) is 0 Å². The van der Waals surface area contributed by atoms with Crippen molar-refractivity contribution in [3.8, 4) is 0 Å². The first kappa shape index (κ1) is 10.9. The highest BCUT2D eigenvalue weighted by Gasteiger charge is 1.87. The molecule has 16 heavy (non-hydrogen) atoms. The molecule has 0 aliphatic heterocycles. The van der Waals surface area contributed by atoms with Crippen LogP contribution in [0.25, 0.3) is 0 Å². The van der Waals surface area contributed by atoms with Gasteiger partial charge in [0, 0.05) is 13.8 Å². The lowest BCUT2D eigenvalue weighted by atomic mass is 10.1. The molecule has 1 heteroatoms. The van der Waals surface area contributed by atoms with Crippen molar-refractivity contribution < 1.29 is 1.37 Å². The molecule has 0 radical (unpaired) electrons. The zero-order valence-corrected chi connectivity index (χ0v) is 9.71. The fraction of sp³-hybridized carbons (Fsp3) is 0.267. The van der Waals surface area contributed by atoms with E-state index in [0.717, 1.165) is 18.4 Å². The first-order valence-corrected chi connectivity index (χ1v) is 5.66. The number of rotatable bonds is 3. The van der Waals surface area contributed by atoms with Crippen LogP contribution in [0, 0.1) is 0 Å². The number of pyridine rings is 1. The maximum absolute atomic E-state index is 7.71. The zero-order valence-electron chi connectivity index (χ0n) is 10.7. The molecule has 1 unspecified atom stereocenters. The van der Waals surface area contributed by atoms with E-state index in [1.54, 1.807) is 12.4 Å². The van der Waals surface area contributed by atoms with E-state index in [1.807, 2.05) is 48.5 Å². The molecule has 0 saturated heterocycles. The van der Waals surface area contributed by atoms with Crippen LogP contribution in [0.4, 0.5) is 0 Å². The first-order chi connectivity index (χ1) is 8.34. The molecule has 0 aliphatic rings. The van der Waals surface area contributed by atoms with Crippen molar-refractivity contribution in [1.82, 2.24) is 4.98 Å². The van der Waals surface area contributed by atoms with Gasteiger partial charge in [0.05, 0.1) is 0 Å². The van der Waals surface area contributed by atoms with E-state index in [2.05, 4.69) is 11.9 Å². The van der Waals surface area contributed by atoms with Gasteiger partial charge in [0.25, 0.3) is 0 Å². The third-order valence-electron chi connectivity index (χ3n) is 2.03. The Morgan fingerprint density at radius 3 is 2.06 bits per heavy atom. The van der Waals surface area contributed by atoms with Crippen LogP contribution in [0.2, 0.25) is 0 Å². The minimum atomic E-state index is -0.0267. The second kappa shape index (κ2) is 8.66. The molecule has 1 nitrogen and oxygen atoms in total. The summed E-state index contributed by atoms with van der Waals surface area (Å²) < 4.78 is 7.71. The van der Waals surface area contributed by atoms with Crippen molar-refractivity contribution in [3.05, 3.63) is 66.5 Å². The third kappa shape index (κ3) is 5.97. The second-order valence-corrected chi connectivity index (χ2v) is 3.43. The maximum atomic E-state index is 7.71. The molecule has 0 saturated carbocycles. The molecule has 1 aromatic carbocycles. The standard InChI is InChI=1S/C10H14.C5H5N/c1-2-3-7-10-8-5-4-6-9-10;1-2-4-6-5-3-1/h4-6,8-9H,2-3,7H2,1H3;1-5H/i7D;. The lowest BCUT2D eigenvalue weighted by Gasteiger charge is -1.96. The molecule has 0 N–H and O–H groups in total. The summed E-state index contributed by atoms with van der Waals surface area (Å²) in [5.41, 5.74) is 1.13. The van der Waals surface area contributed by atoms with E-state index >= 15 is 0 Å². The van der Waals surface area contributed by atoms with Crippen LogP contribution in [-0.4, -0.2) is 4.98 Å². The summed E-state index contributed by atoms with van der Waals surface area (Å²) in [6.45, 7) is 2.12. The average molecular weight is 214 g/mol. The van der Waals surface area contributed by atoms with Crippen molar-refractivity contribution in [1.29, 1.82) is 0 Å². The number of aromatic nitrogens is 1.